The number of pyridine rings is 1. The van der Waals surface area contributed by atoms with Crippen molar-refractivity contribution in [3.8, 4) is 10.4 Å². The van der Waals surface area contributed by atoms with Gasteiger partial charge in [-0.3, -0.25) is 9.59 Å². The maximum absolute atomic E-state index is 14.4. The highest BCUT2D eigenvalue weighted by atomic mass is 32.1. The molecule has 40 heavy (non-hydrogen) atoms. The van der Waals surface area contributed by atoms with E-state index >= 15 is 0 Å². The third-order valence-electron chi connectivity index (χ3n) is 8.57. The van der Waals surface area contributed by atoms with E-state index in [4.69, 9.17) is 0 Å². The maximum atomic E-state index is 14.4. The van der Waals surface area contributed by atoms with Crippen molar-refractivity contribution in [3.05, 3.63) is 28.5 Å². The molecule has 0 unspecified atom stereocenters. The summed E-state index contributed by atoms with van der Waals surface area (Å²) in [5.41, 5.74) is -0.766. The molecule has 1 atom stereocenters. The third kappa shape index (κ3) is 5.28. The fraction of sp³-hybridized carbons (Fsp3) is 0.630. The highest BCUT2D eigenvalue weighted by Gasteiger charge is 2.49. The topological polar surface area (TPSA) is 87.2 Å². The van der Waals surface area contributed by atoms with E-state index in [0.717, 1.165) is 75.0 Å². The molecule has 2 aromatic rings. The minimum absolute atomic E-state index is 0.00914. The molecule has 4 fully saturated rings. The molecule has 2 amide bonds. The molecule has 13 heteroatoms. The minimum atomic E-state index is -4.56. The number of fused-ring (bicyclic) bond motifs is 2. The first-order valence-corrected chi connectivity index (χ1v) is 14.7. The van der Waals surface area contributed by atoms with Gasteiger partial charge < -0.3 is 15.5 Å². The molecule has 2 aromatic heterocycles. The number of carbonyl (C=O) groups excluding carboxylic acids is 2. The second kappa shape index (κ2) is 10.5. The predicted octanol–water partition coefficient (Wildman–Crippen LogP) is 6.33. The predicted molar refractivity (Wildman–Crippen MR) is 138 cm³/mol. The van der Waals surface area contributed by atoms with E-state index in [1.807, 2.05) is 0 Å². The maximum Gasteiger partial charge on any atom is 0.408 e. The van der Waals surface area contributed by atoms with Crippen LogP contribution < -0.4 is 10.6 Å². The highest BCUT2D eigenvalue weighted by Crippen LogP contribution is 2.44. The van der Waals surface area contributed by atoms with Crippen molar-refractivity contribution in [2.24, 2.45) is 5.92 Å². The molecular weight excluding hydrogens is 553 g/mol. The van der Waals surface area contributed by atoms with Gasteiger partial charge in [0.25, 0.3) is 18.2 Å². The summed E-state index contributed by atoms with van der Waals surface area (Å²) in [4.78, 5) is 37.1. The molecule has 216 valence electrons. The summed E-state index contributed by atoms with van der Waals surface area (Å²) in [7, 11) is 0. The zero-order valence-corrected chi connectivity index (χ0v) is 22.5. The third-order valence-corrected chi connectivity index (χ3v) is 9.65. The van der Waals surface area contributed by atoms with Gasteiger partial charge in [0.1, 0.15) is 17.6 Å². The number of nitrogens with one attached hydrogen (secondary N) is 2. The molecule has 2 saturated heterocycles. The van der Waals surface area contributed by atoms with Crippen LogP contribution in [0.1, 0.15) is 96.5 Å². The Kier molecular flexibility index (Phi) is 7.20. The summed E-state index contributed by atoms with van der Waals surface area (Å²) >= 11 is 0.840. The van der Waals surface area contributed by atoms with E-state index in [0.29, 0.717) is 12.8 Å². The molecule has 0 aromatic carbocycles. The van der Waals surface area contributed by atoms with E-state index in [1.165, 1.54) is 0 Å². The number of rotatable bonds is 8. The Labute approximate surface area is 231 Å². The Hall–Kier alpha value is -2.83. The molecule has 2 saturated carbocycles. The van der Waals surface area contributed by atoms with Gasteiger partial charge in [-0.1, -0.05) is 12.8 Å². The molecule has 4 heterocycles. The molecule has 0 radical (unpaired) electrons. The number of thiazole rings is 1. The fourth-order valence-electron chi connectivity index (χ4n) is 6.40. The number of aromatic nitrogens is 2. The lowest BCUT2D eigenvalue weighted by atomic mass is 10.0. The SMILES string of the molecule is O=C(NC1CCCC1)c1nc(C(=O)N2C3CCC2CC3)c(-c2cnc(N[C@@H](C3CC3)C(F)(F)F)cc2C(F)F)s1. The van der Waals surface area contributed by atoms with Gasteiger partial charge in [-0.25, -0.2) is 18.7 Å². The van der Waals surface area contributed by atoms with Crippen LogP contribution in [0, 0.1) is 5.92 Å². The normalized spacial score (nSPS) is 23.7. The number of hydrogen-bond acceptors (Lipinski definition) is 6. The summed E-state index contributed by atoms with van der Waals surface area (Å²) < 4.78 is 69.4. The first kappa shape index (κ1) is 27.3. The average molecular weight is 584 g/mol. The zero-order valence-electron chi connectivity index (χ0n) is 21.6. The molecule has 7 nitrogen and oxygen atoms in total. The Morgan fingerprint density at radius 3 is 2.23 bits per heavy atom. The first-order chi connectivity index (χ1) is 19.1. The molecule has 0 spiro atoms. The van der Waals surface area contributed by atoms with Gasteiger partial charge in [0.05, 0.1) is 4.88 Å². The van der Waals surface area contributed by atoms with E-state index in [9.17, 15) is 31.5 Å². The van der Waals surface area contributed by atoms with Gasteiger partial charge in [-0.2, -0.15) is 13.2 Å². The van der Waals surface area contributed by atoms with Crippen LogP contribution in [-0.4, -0.2) is 57.0 Å². The zero-order chi connectivity index (χ0) is 28.2. The van der Waals surface area contributed by atoms with E-state index in [2.05, 4.69) is 20.6 Å². The molecule has 2 aliphatic carbocycles. The van der Waals surface area contributed by atoms with Crippen molar-refractivity contribution in [3.63, 3.8) is 0 Å². The smallest absolute Gasteiger partial charge is 0.358 e. The number of anilines is 1. The molecule has 4 aliphatic rings. The molecule has 2 bridgehead atoms. The molecule has 6 rings (SSSR count). The largest absolute Gasteiger partial charge is 0.408 e. The lowest BCUT2D eigenvalue weighted by Gasteiger charge is -2.23. The second-order valence-corrected chi connectivity index (χ2v) is 12.3. The number of alkyl halides is 5. The van der Waals surface area contributed by atoms with Gasteiger partial charge in [-0.05, 0) is 63.4 Å². The van der Waals surface area contributed by atoms with Crippen LogP contribution in [0.25, 0.3) is 10.4 Å². The number of nitrogens with zero attached hydrogens (tertiary/aromatic N) is 3. The Bertz CT molecular complexity index is 1270. The van der Waals surface area contributed by atoms with Crippen molar-refractivity contribution in [1.29, 1.82) is 0 Å². The summed E-state index contributed by atoms with van der Waals surface area (Å²) in [5, 5.41) is 5.22. The standard InChI is InChI=1S/C27H30F5N5O2S/c28-23(29)17-11-19(35-22(13-5-6-13)27(30,31)32)33-12-18(17)21-20(26(39)37-15-7-8-16(37)10-9-15)36-25(40-21)24(38)34-14-3-1-2-4-14/h11-16,22-23H,1-10H2,(H,33,35)(H,34,38)/t15?,16?,22-/m0/s1. The molecule has 2 aliphatic heterocycles. The summed E-state index contributed by atoms with van der Waals surface area (Å²) in [6.45, 7) is 0. The van der Waals surface area contributed by atoms with Gasteiger partial charge >= 0.3 is 6.18 Å². The minimum Gasteiger partial charge on any atom is -0.358 e. The Morgan fingerprint density at radius 2 is 1.65 bits per heavy atom. The highest BCUT2D eigenvalue weighted by molar-refractivity contribution is 7.17. The van der Waals surface area contributed by atoms with Crippen LogP contribution in [0.15, 0.2) is 12.3 Å². The van der Waals surface area contributed by atoms with Crippen molar-refractivity contribution >= 4 is 29.0 Å². The van der Waals surface area contributed by atoms with Crippen molar-refractivity contribution < 1.29 is 31.5 Å². The van der Waals surface area contributed by atoms with E-state index < -0.39 is 41.9 Å². The number of hydrogen-bond donors (Lipinski definition) is 2. The van der Waals surface area contributed by atoms with Crippen LogP contribution in [0.3, 0.4) is 0 Å². The number of carbonyl (C=O) groups is 2. The Balaban J connectivity index is 1.37. The van der Waals surface area contributed by atoms with Crippen LogP contribution in [-0.2, 0) is 0 Å². The van der Waals surface area contributed by atoms with Crippen molar-refractivity contribution in [1.82, 2.24) is 20.2 Å². The van der Waals surface area contributed by atoms with E-state index in [1.54, 1.807) is 4.90 Å². The van der Waals surface area contributed by atoms with Gasteiger partial charge in [0, 0.05) is 35.4 Å². The quantitative estimate of drug-likeness (QED) is 0.355. The van der Waals surface area contributed by atoms with Crippen LogP contribution >= 0.6 is 11.3 Å². The van der Waals surface area contributed by atoms with Crippen LogP contribution in [0.2, 0.25) is 0 Å². The molecule has 2 N–H and O–H groups in total. The monoisotopic (exact) mass is 583 g/mol. The first-order valence-electron chi connectivity index (χ1n) is 13.9. The molecular formula is C27H30F5N5O2S. The Morgan fingerprint density at radius 1 is 1.00 bits per heavy atom. The number of amides is 2. The van der Waals surface area contributed by atoms with Gasteiger partial charge in [0.2, 0.25) is 0 Å². The van der Waals surface area contributed by atoms with Crippen LogP contribution in [0.4, 0.5) is 27.8 Å². The van der Waals surface area contributed by atoms with Gasteiger partial charge in [-0.15, -0.1) is 11.3 Å². The van der Waals surface area contributed by atoms with Gasteiger partial charge in [0.15, 0.2) is 5.01 Å². The van der Waals surface area contributed by atoms with Crippen LogP contribution in [0.5, 0.6) is 0 Å². The summed E-state index contributed by atoms with van der Waals surface area (Å²) in [6, 6.07) is -0.890. The summed E-state index contributed by atoms with van der Waals surface area (Å²) in [6.07, 6.45) is 1.33. The lowest BCUT2D eigenvalue weighted by Crippen LogP contribution is -2.38. The van der Waals surface area contributed by atoms with Crippen molar-refractivity contribution in [2.75, 3.05) is 5.32 Å². The lowest BCUT2D eigenvalue weighted by molar-refractivity contribution is -0.146. The van der Waals surface area contributed by atoms with Crippen molar-refractivity contribution in [2.45, 2.75) is 101 Å². The average Bonchev–Trinajstić information content (AvgIpc) is 3.30. The number of halogens is 5. The fourth-order valence-corrected chi connectivity index (χ4v) is 7.40. The van der Waals surface area contributed by atoms with E-state index in [-0.39, 0.29) is 45.1 Å². The second-order valence-electron chi connectivity index (χ2n) is 11.3. The summed E-state index contributed by atoms with van der Waals surface area (Å²) in [5.74, 6) is -1.82.